The number of carbonyl (C=O) groups excluding carboxylic acids is 2. The van der Waals surface area contributed by atoms with Gasteiger partial charge in [-0.05, 0) is 46.8 Å². The molecule has 0 spiro atoms. The Kier molecular flexibility index (Phi) is 4.64. The predicted molar refractivity (Wildman–Crippen MR) is 104 cm³/mol. The van der Waals surface area contributed by atoms with Crippen LogP contribution in [0.25, 0.3) is 22.3 Å². The third-order valence-electron chi connectivity index (χ3n) is 4.97. The van der Waals surface area contributed by atoms with Gasteiger partial charge in [0.15, 0.2) is 5.65 Å². The summed E-state index contributed by atoms with van der Waals surface area (Å²) in [6.07, 6.45) is 0.777. The summed E-state index contributed by atoms with van der Waals surface area (Å²) in [5.41, 5.74) is 2.26. The van der Waals surface area contributed by atoms with Crippen molar-refractivity contribution in [1.82, 2.24) is 14.8 Å². The summed E-state index contributed by atoms with van der Waals surface area (Å²) in [5.74, 6) is 0.340. The molecule has 1 aliphatic heterocycles. The molecule has 4 heterocycles. The number of rotatable bonds is 4. The number of carbonyl (C=O) groups is 2. The minimum absolute atomic E-state index is 0.0527. The molecule has 8 nitrogen and oxygen atoms in total. The average Bonchev–Trinajstić information content (AvgIpc) is 3.30. The molecule has 0 aromatic carbocycles. The van der Waals surface area contributed by atoms with Gasteiger partial charge >= 0.3 is 11.9 Å². The summed E-state index contributed by atoms with van der Waals surface area (Å²) < 4.78 is 18.0. The summed E-state index contributed by atoms with van der Waals surface area (Å²) in [5, 5.41) is 4.96. The maximum atomic E-state index is 13.0. The first-order valence-corrected chi connectivity index (χ1v) is 9.61. The standard InChI is InChI=1S/C21H23N3O5/c1-10(2)24-19-16(9-22-24)15(20(25)29-18-7-12(4)28-21(18)26)8-17(23-19)14-6-11(3)27-13(14)5/h6,8-10,12,18H,7H2,1-5H3/t12-,18-/m1/s1. The molecule has 1 aliphatic rings. The largest absolute Gasteiger partial charge is 0.466 e. The highest BCUT2D eigenvalue weighted by Gasteiger charge is 2.36. The summed E-state index contributed by atoms with van der Waals surface area (Å²) in [6, 6.07) is 3.60. The molecule has 152 valence electrons. The lowest BCUT2D eigenvalue weighted by Crippen LogP contribution is -2.23. The first kappa shape index (κ1) is 19.2. The molecule has 0 radical (unpaired) electrons. The highest BCUT2D eigenvalue weighted by atomic mass is 16.6. The van der Waals surface area contributed by atoms with Gasteiger partial charge in [0.2, 0.25) is 6.10 Å². The Balaban J connectivity index is 1.82. The van der Waals surface area contributed by atoms with E-state index in [1.807, 2.05) is 33.8 Å². The Bertz CT molecular complexity index is 1110. The Labute approximate surface area is 167 Å². The van der Waals surface area contributed by atoms with Crippen LogP contribution < -0.4 is 0 Å². The van der Waals surface area contributed by atoms with Crippen molar-refractivity contribution in [3.63, 3.8) is 0 Å². The second kappa shape index (κ2) is 7.02. The molecule has 29 heavy (non-hydrogen) atoms. The summed E-state index contributed by atoms with van der Waals surface area (Å²) in [4.78, 5) is 29.6. The summed E-state index contributed by atoms with van der Waals surface area (Å²) >= 11 is 0. The second-order valence-corrected chi connectivity index (χ2v) is 7.68. The van der Waals surface area contributed by atoms with Crippen LogP contribution >= 0.6 is 0 Å². The number of nitrogens with zero attached hydrogens (tertiary/aromatic N) is 3. The fraction of sp³-hybridized carbons (Fsp3) is 0.429. The number of furan rings is 1. The number of esters is 2. The van der Waals surface area contributed by atoms with E-state index in [4.69, 9.17) is 18.9 Å². The molecule has 3 aromatic rings. The van der Waals surface area contributed by atoms with Gasteiger partial charge in [0, 0.05) is 18.0 Å². The average molecular weight is 397 g/mol. The minimum atomic E-state index is -0.901. The van der Waals surface area contributed by atoms with Crippen LogP contribution in [0.15, 0.2) is 22.7 Å². The van der Waals surface area contributed by atoms with E-state index >= 15 is 0 Å². The maximum absolute atomic E-state index is 13.0. The Hall–Kier alpha value is -3.16. The molecule has 0 amide bonds. The SMILES string of the molecule is Cc1cc(-c2cc(C(=O)O[C@@H]3C[C@@H](C)OC3=O)c3cnn(C(C)C)c3n2)c(C)o1. The van der Waals surface area contributed by atoms with Crippen LogP contribution in [0.4, 0.5) is 0 Å². The Morgan fingerprint density at radius 2 is 2.07 bits per heavy atom. The van der Waals surface area contributed by atoms with Crippen LogP contribution in [0.5, 0.6) is 0 Å². The molecular formula is C21H23N3O5. The quantitative estimate of drug-likeness (QED) is 0.619. The predicted octanol–water partition coefficient (Wildman–Crippen LogP) is 3.75. The van der Waals surface area contributed by atoms with Crippen molar-refractivity contribution in [3.05, 3.63) is 35.4 Å². The minimum Gasteiger partial charge on any atom is -0.466 e. The number of hydrogen-bond acceptors (Lipinski definition) is 7. The number of hydrogen-bond donors (Lipinski definition) is 0. The van der Waals surface area contributed by atoms with Gasteiger partial charge in [0.05, 0.1) is 22.8 Å². The molecule has 0 saturated carbocycles. The fourth-order valence-corrected chi connectivity index (χ4v) is 3.60. The molecule has 0 N–H and O–H groups in total. The van der Waals surface area contributed by atoms with Gasteiger partial charge < -0.3 is 13.9 Å². The number of ether oxygens (including phenoxy) is 2. The fourth-order valence-electron chi connectivity index (χ4n) is 3.60. The van der Waals surface area contributed by atoms with Crippen molar-refractivity contribution in [2.45, 2.75) is 59.3 Å². The summed E-state index contributed by atoms with van der Waals surface area (Å²) in [6.45, 7) is 9.45. The molecule has 4 rings (SSSR count). The Morgan fingerprint density at radius 1 is 1.31 bits per heavy atom. The lowest BCUT2D eigenvalue weighted by molar-refractivity contribution is -0.147. The zero-order valence-electron chi connectivity index (χ0n) is 17.1. The molecule has 0 bridgehead atoms. The van der Waals surface area contributed by atoms with E-state index in [0.29, 0.717) is 34.5 Å². The molecule has 8 heteroatoms. The van der Waals surface area contributed by atoms with Crippen LogP contribution in [0.3, 0.4) is 0 Å². The first-order valence-electron chi connectivity index (χ1n) is 9.61. The number of fused-ring (bicyclic) bond motifs is 1. The monoisotopic (exact) mass is 397 g/mol. The van der Waals surface area contributed by atoms with Crippen LogP contribution in [0.1, 0.15) is 55.1 Å². The molecule has 1 saturated heterocycles. The van der Waals surface area contributed by atoms with Gasteiger partial charge in [0.1, 0.15) is 17.6 Å². The highest BCUT2D eigenvalue weighted by Crippen LogP contribution is 2.31. The Morgan fingerprint density at radius 3 is 2.66 bits per heavy atom. The van der Waals surface area contributed by atoms with Gasteiger partial charge in [0.25, 0.3) is 0 Å². The third kappa shape index (κ3) is 3.39. The molecule has 2 atom stereocenters. The molecule has 1 fully saturated rings. The topological polar surface area (TPSA) is 96.5 Å². The maximum Gasteiger partial charge on any atom is 0.347 e. The van der Waals surface area contributed by atoms with E-state index in [-0.39, 0.29) is 12.1 Å². The smallest absolute Gasteiger partial charge is 0.347 e. The zero-order chi connectivity index (χ0) is 20.9. The van der Waals surface area contributed by atoms with Crippen LogP contribution in [-0.2, 0) is 14.3 Å². The zero-order valence-corrected chi connectivity index (χ0v) is 17.1. The third-order valence-corrected chi connectivity index (χ3v) is 4.97. The lowest BCUT2D eigenvalue weighted by Gasteiger charge is -2.12. The van der Waals surface area contributed by atoms with Crippen molar-refractivity contribution in [3.8, 4) is 11.3 Å². The van der Waals surface area contributed by atoms with Crippen molar-refractivity contribution in [1.29, 1.82) is 0 Å². The van der Waals surface area contributed by atoms with E-state index in [0.717, 1.165) is 11.3 Å². The first-order chi connectivity index (χ1) is 13.7. The van der Waals surface area contributed by atoms with Gasteiger partial charge in [-0.2, -0.15) is 5.10 Å². The van der Waals surface area contributed by atoms with Crippen LogP contribution in [0, 0.1) is 13.8 Å². The molecule has 0 unspecified atom stereocenters. The van der Waals surface area contributed by atoms with E-state index in [1.165, 1.54) is 0 Å². The number of aryl methyl sites for hydroxylation is 2. The number of cyclic esters (lactones) is 1. The second-order valence-electron chi connectivity index (χ2n) is 7.68. The van der Waals surface area contributed by atoms with E-state index in [9.17, 15) is 9.59 Å². The van der Waals surface area contributed by atoms with Crippen molar-refractivity contribution < 1.29 is 23.5 Å². The lowest BCUT2D eigenvalue weighted by atomic mass is 10.1. The normalized spacial score (nSPS) is 19.2. The van der Waals surface area contributed by atoms with Gasteiger partial charge in [-0.15, -0.1) is 0 Å². The van der Waals surface area contributed by atoms with Gasteiger partial charge in [-0.1, -0.05) is 0 Å². The van der Waals surface area contributed by atoms with Gasteiger partial charge in [-0.3, -0.25) is 0 Å². The number of aromatic nitrogens is 3. The summed E-state index contributed by atoms with van der Waals surface area (Å²) in [7, 11) is 0. The van der Waals surface area contributed by atoms with Crippen LogP contribution in [0.2, 0.25) is 0 Å². The van der Waals surface area contributed by atoms with Crippen molar-refractivity contribution >= 4 is 23.0 Å². The van der Waals surface area contributed by atoms with Crippen molar-refractivity contribution in [2.75, 3.05) is 0 Å². The highest BCUT2D eigenvalue weighted by molar-refractivity contribution is 6.04. The van der Waals surface area contributed by atoms with Crippen molar-refractivity contribution in [2.24, 2.45) is 0 Å². The van der Waals surface area contributed by atoms with E-state index < -0.39 is 18.0 Å². The van der Waals surface area contributed by atoms with Crippen LogP contribution in [-0.4, -0.2) is 38.9 Å². The number of pyridine rings is 1. The molecular weight excluding hydrogens is 374 g/mol. The van der Waals surface area contributed by atoms with E-state index in [1.54, 1.807) is 23.9 Å². The molecule has 0 aliphatic carbocycles. The van der Waals surface area contributed by atoms with E-state index in [2.05, 4.69) is 5.10 Å². The molecule has 3 aromatic heterocycles. The van der Waals surface area contributed by atoms with Gasteiger partial charge in [-0.25, -0.2) is 19.3 Å².